The predicted molar refractivity (Wildman–Crippen MR) is 59.9 cm³/mol. The molecule has 4 nitrogen and oxygen atoms in total. The van der Waals surface area contributed by atoms with Crippen LogP contribution in [-0.4, -0.2) is 32.2 Å². The molecule has 1 atom stereocenters. The Bertz CT molecular complexity index is 451. The fourth-order valence-corrected chi connectivity index (χ4v) is 1.72. The summed E-state index contributed by atoms with van der Waals surface area (Å²) in [5.74, 6) is -0.0439. The van der Waals surface area contributed by atoms with Gasteiger partial charge in [0.25, 0.3) is 6.43 Å². The summed E-state index contributed by atoms with van der Waals surface area (Å²) in [4.78, 5) is 11.3. The maximum absolute atomic E-state index is 12.6. The van der Waals surface area contributed by atoms with Gasteiger partial charge in [-0.3, -0.25) is 0 Å². The standard InChI is InChI=1S/C12H13F2NO3/c1-17-12(16)7-2-3-8-5-15-9(11(13)14)6-18-10(8)4-7/h2-4,9,11,15H,5-6H2,1H3/t9-/m1/s1. The molecule has 1 aromatic carbocycles. The maximum Gasteiger partial charge on any atom is 0.337 e. The molecule has 6 heteroatoms. The van der Waals surface area contributed by atoms with Gasteiger partial charge in [0.15, 0.2) is 0 Å². The summed E-state index contributed by atoms with van der Waals surface area (Å²) in [6, 6.07) is 3.76. The Hall–Kier alpha value is -1.69. The van der Waals surface area contributed by atoms with E-state index in [4.69, 9.17) is 4.74 Å². The zero-order valence-corrected chi connectivity index (χ0v) is 9.78. The van der Waals surface area contributed by atoms with E-state index in [0.29, 0.717) is 11.3 Å². The van der Waals surface area contributed by atoms with Crippen molar-refractivity contribution in [2.75, 3.05) is 13.7 Å². The third-order valence-corrected chi connectivity index (χ3v) is 2.77. The third-order valence-electron chi connectivity index (χ3n) is 2.77. The average molecular weight is 257 g/mol. The molecule has 0 aliphatic carbocycles. The van der Waals surface area contributed by atoms with Gasteiger partial charge in [-0.2, -0.15) is 0 Å². The van der Waals surface area contributed by atoms with E-state index in [1.54, 1.807) is 12.1 Å². The number of benzene rings is 1. The van der Waals surface area contributed by atoms with Crippen LogP contribution in [0.15, 0.2) is 18.2 Å². The van der Waals surface area contributed by atoms with E-state index in [-0.39, 0.29) is 13.2 Å². The molecule has 98 valence electrons. The molecule has 0 bridgehead atoms. The Kier molecular flexibility index (Phi) is 3.76. The number of carbonyl (C=O) groups excluding carboxylic acids is 1. The summed E-state index contributed by atoms with van der Waals surface area (Å²) < 4.78 is 35.0. The van der Waals surface area contributed by atoms with Crippen LogP contribution < -0.4 is 10.1 Å². The number of hydrogen-bond donors (Lipinski definition) is 1. The first-order valence-electron chi connectivity index (χ1n) is 5.47. The Morgan fingerprint density at radius 3 is 3.00 bits per heavy atom. The average Bonchev–Trinajstić information content (AvgIpc) is 2.59. The second-order valence-corrected chi connectivity index (χ2v) is 3.95. The smallest absolute Gasteiger partial charge is 0.337 e. The first-order chi connectivity index (χ1) is 8.61. The van der Waals surface area contributed by atoms with E-state index in [1.165, 1.54) is 13.2 Å². The van der Waals surface area contributed by atoms with Gasteiger partial charge in [-0.25, -0.2) is 13.6 Å². The normalized spacial score (nSPS) is 18.8. The minimum Gasteiger partial charge on any atom is -0.491 e. The van der Waals surface area contributed by atoms with E-state index in [1.807, 2.05) is 0 Å². The molecule has 0 amide bonds. The van der Waals surface area contributed by atoms with Gasteiger partial charge in [0.2, 0.25) is 0 Å². The van der Waals surface area contributed by atoms with E-state index in [9.17, 15) is 13.6 Å². The molecule has 0 unspecified atom stereocenters. The molecule has 2 rings (SSSR count). The SMILES string of the molecule is COC(=O)c1ccc2c(c1)OC[C@H](C(F)F)NC2. The lowest BCUT2D eigenvalue weighted by Gasteiger charge is -2.13. The highest BCUT2D eigenvalue weighted by molar-refractivity contribution is 5.89. The summed E-state index contributed by atoms with van der Waals surface area (Å²) in [5.41, 5.74) is 1.08. The molecule has 0 fully saturated rings. The summed E-state index contributed by atoms with van der Waals surface area (Å²) in [7, 11) is 1.28. The Labute approximate surface area is 103 Å². The van der Waals surface area contributed by atoms with Crippen LogP contribution in [0.1, 0.15) is 15.9 Å². The number of methoxy groups -OCH3 is 1. The number of fused-ring (bicyclic) bond motifs is 1. The van der Waals surface area contributed by atoms with Crippen molar-refractivity contribution in [2.24, 2.45) is 0 Å². The van der Waals surface area contributed by atoms with Crippen molar-refractivity contribution in [3.63, 3.8) is 0 Å². The number of nitrogens with one attached hydrogen (secondary N) is 1. The molecule has 1 aromatic rings. The summed E-state index contributed by atoms with van der Waals surface area (Å²) in [6.07, 6.45) is -2.49. The second-order valence-electron chi connectivity index (χ2n) is 3.95. The van der Waals surface area contributed by atoms with Gasteiger partial charge in [0.1, 0.15) is 18.4 Å². The largest absolute Gasteiger partial charge is 0.491 e. The summed E-state index contributed by atoms with van der Waals surface area (Å²) in [6.45, 7) is 0.154. The minimum absolute atomic E-state index is 0.130. The molecule has 0 aromatic heterocycles. The second kappa shape index (κ2) is 5.30. The number of hydrogen-bond acceptors (Lipinski definition) is 4. The van der Waals surface area contributed by atoms with Gasteiger partial charge >= 0.3 is 5.97 Å². The topological polar surface area (TPSA) is 47.6 Å². The number of carbonyl (C=O) groups is 1. The van der Waals surface area contributed by atoms with E-state index < -0.39 is 18.4 Å². The molecule has 0 spiro atoms. The van der Waals surface area contributed by atoms with Crippen LogP contribution in [0.3, 0.4) is 0 Å². The van der Waals surface area contributed by atoms with Crippen LogP contribution >= 0.6 is 0 Å². The van der Waals surface area contributed by atoms with Crippen LogP contribution in [0.25, 0.3) is 0 Å². The van der Waals surface area contributed by atoms with Gasteiger partial charge < -0.3 is 14.8 Å². The predicted octanol–water partition coefficient (Wildman–Crippen LogP) is 1.59. The molecule has 1 aliphatic heterocycles. The first-order valence-corrected chi connectivity index (χ1v) is 5.47. The maximum atomic E-state index is 12.6. The van der Waals surface area contributed by atoms with Crippen molar-refractivity contribution >= 4 is 5.97 Å². The van der Waals surface area contributed by atoms with Crippen LogP contribution in [0.4, 0.5) is 8.78 Å². The molecule has 0 radical (unpaired) electrons. The lowest BCUT2D eigenvalue weighted by molar-refractivity contribution is 0.0598. The van der Waals surface area contributed by atoms with Crippen molar-refractivity contribution in [1.82, 2.24) is 5.32 Å². The van der Waals surface area contributed by atoms with Crippen molar-refractivity contribution in [3.05, 3.63) is 29.3 Å². The zero-order valence-electron chi connectivity index (χ0n) is 9.78. The summed E-state index contributed by atoms with van der Waals surface area (Å²) in [5, 5.41) is 2.71. The minimum atomic E-state index is -2.49. The number of ether oxygens (including phenoxy) is 2. The van der Waals surface area contributed by atoms with Gasteiger partial charge in [-0.05, 0) is 12.1 Å². The lowest BCUT2D eigenvalue weighted by atomic mass is 10.1. The monoisotopic (exact) mass is 257 g/mol. The van der Waals surface area contributed by atoms with Crippen molar-refractivity contribution in [2.45, 2.75) is 19.0 Å². The molecule has 0 saturated carbocycles. The number of rotatable bonds is 2. The van der Waals surface area contributed by atoms with Gasteiger partial charge in [-0.15, -0.1) is 0 Å². The van der Waals surface area contributed by atoms with E-state index in [0.717, 1.165) is 5.56 Å². The quantitative estimate of drug-likeness (QED) is 0.817. The molecule has 1 N–H and O–H groups in total. The van der Waals surface area contributed by atoms with E-state index in [2.05, 4.69) is 10.1 Å². The van der Waals surface area contributed by atoms with E-state index >= 15 is 0 Å². The van der Waals surface area contributed by atoms with Crippen LogP contribution in [0.5, 0.6) is 5.75 Å². The number of alkyl halides is 2. The highest BCUT2D eigenvalue weighted by Gasteiger charge is 2.24. The number of esters is 1. The first kappa shape index (κ1) is 12.8. The molecular weight excluding hydrogens is 244 g/mol. The fourth-order valence-electron chi connectivity index (χ4n) is 1.72. The zero-order chi connectivity index (χ0) is 13.1. The number of halogens is 2. The van der Waals surface area contributed by atoms with Crippen LogP contribution in [-0.2, 0) is 11.3 Å². The third kappa shape index (κ3) is 2.59. The molecular formula is C12H13F2NO3. The van der Waals surface area contributed by atoms with Gasteiger partial charge in [0.05, 0.1) is 12.7 Å². The fraction of sp³-hybridized carbons (Fsp3) is 0.417. The molecule has 0 saturated heterocycles. The van der Waals surface area contributed by atoms with Crippen LogP contribution in [0.2, 0.25) is 0 Å². The van der Waals surface area contributed by atoms with Crippen molar-refractivity contribution < 1.29 is 23.0 Å². The highest BCUT2D eigenvalue weighted by Crippen LogP contribution is 2.24. The molecule has 1 heterocycles. The molecule has 1 aliphatic rings. The van der Waals surface area contributed by atoms with Gasteiger partial charge in [-0.1, -0.05) is 6.07 Å². The molecule has 18 heavy (non-hydrogen) atoms. The Morgan fingerprint density at radius 2 is 2.33 bits per heavy atom. The van der Waals surface area contributed by atoms with Crippen molar-refractivity contribution in [1.29, 1.82) is 0 Å². The summed E-state index contributed by atoms with van der Waals surface area (Å²) >= 11 is 0. The van der Waals surface area contributed by atoms with Crippen LogP contribution in [0, 0.1) is 0 Å². The highest BCUT2D eigenvalue weighted by atomic mass is 19.3. The Balaban J connectivity index is 2.20. The van der Waals surface area contributed by atoms with Gasteiger partial charge in [0, 0.05) is 12.1 Å². The Morgan fingerprint density at radius 1 is 1.56 bits per heavy atom. The van der Waals surface area contributed by atoms with Crippen molar-refractivity contribution in [3.8, 4) is 5.75 Å². The lowest BCUT2D eigenvalue weighted by Crippen LogP contribution is -2.38.